The van der Waals surface area contributed by atoms with Crippen LogP contribution in [-0.2, 0) is 20.6 Å². The predicted molar refractivity (Wildman–Crippen MR) is 128 cm³/mol. The van der Waals surface area contributed by atoms with Crippen molar-refractivity contribution >= 4 is 33.4 Å². The maximum absolute atomic E-state index is 12.5. The van der Waals surface area contributed by atoms with Gasteiger partial charge < -0.3 is 14.8 Å². The van der Waals surface area contributed by atoms with E-state index in [4.69, 9.17) is 9.47 Å². The number of carbonyl (C=O) groups is 1. The van der Waals surface area contributed by atoms with E-state index in [-0.39, 0.29) is 23.8 Å². The number of thioether (sulfide) groups is 1. The Labute approximate surface area is 197 Å². The van der Waals surface area contributed by atoms with Gasteiger partial charge in [-0.05, 0) is 48.0 Å². The van der Waals surface area contributed by atoms with Gasteiger partial charge in [-0.3, -0.25) is 9.78 Å². The van der Waals surface area contributed by atoms with Crippen LogP contribution < -0.4 is 19.5 Å². The molecule has 0 radical (unpaired) electrons. The van der Waals surface area contributed by atoms with E-state index in [1.54, 1.807) is 18.0 Å². The third kappa shape index (κ3) is 7.21. The number of nitrogens with zero attached hydrogens (tertiary/aromatic N) is 1. The Morgan fingerprint density at radius 2 is 1.79 bits per heavy atom. The van der Waals surface area contributed by atoms with Gasteiger partial charge in [-0.1, -0.05) is 6.07 Å². The van der Waals surface area contributed by atoms with Crippen molar-refractivity contribution in [2.45, 2.75) is 22.0 Å². The largest absolute Gasteiger partial charge is 0.493 e. The highest BCUT2D eigenvalue weighted by Crippen LogP contribution is 2.29. The fourth-order valence-electron chi connectivity index (χ4n) is 2.87. The molecule has 2 N–H and O–H groups in total. The lowest BCUT2D eigenvalue weighted by atomic mass is 10.3. The Morgan fingerprint density at radius 1 is 1.03 bits per heavy atom. The second-order valence-corrected chi connectivity index (χ2v) is 9.70. The molecule has 0 fully saturated rings. The number of benzene rings is 2. The van der Waals surface area contributed by atoms with Gasteiger partial charge in [0.1, 0.15) is 0 Å². The number of anilines is 1. The second kappa shape index (κ2) is 11.7. The van der Waals surface area contributed by atoms with Crippen molar-refractivity contribution in [1.29, 1.82) is 0 Å². The highest BCUT2D eigenvalue weighted by Gasteiger charge is 2.17. The van der Waals surface area contributed by atoms with Crippen LogP contribution in [0.4, 0.5) is 5.69 Å². The van der Waals surface area contributed by atoms with Crippen LogP contribution in [0.25, 0.3) is 0 Å². The normalized spacial score (nSPS) is 11.1. The number of hydrogen-bond donors (Lipinski definition) is 2. The molecule has 0 saturated carbocycles. The summed E-state index contributed by atoms with van der Waals surface area (Å²) < 4.78 is 37.7. The van der Waals surface area contributed by atoms with Crippen LogP contribution in [0.2, 0.25) is 0 Å². The number of carbonyl (C=O) groups excluding carboxylic acids is 1. The lowest BCUT2D eigenvalue weighted by Crippen LogP contribution is -2.27. The van der Waals surface area contributed by atoms with Crippen molar-refractivity contribution in [2.75, 3.05) is 26.1 Å². The smallest absolute Gasteiger partial charge is 0.240 e. The molecule has 0 aliphatic carbocycles. The minimum absolute atomic E-state index is 0.00989. The monoisotopic (exact) mass is 487 g/mol. The zero-order chi connectivity index (χ0) is 23.7. The van der Waals surface area contributed by atoms with Gasteiger partial charge in [0.05, 0.1) is 19.1 Å². The molecule has 0 atom stereocenters. The molecule has 0 unspecified atom stereocenters. The third-order valence-corrected chi connectivity index (χ3v) is 7.12. The number of ether oxygens (including phenoxy) is 2. The minimum atomic E-state index is -3.79. The molecule has 1 aromatic heterocycles. The number of nitrogens with one attached hydrogen (secondary N) is 2. The molecule has 0 spiro atoms. The predicted octanol–water partition coefficient (Wildman–Crippen LogP) is 3.70. The number of pyridine rings is 1. The first-order valence-corrected chi connectivity index (χ1v) is 12.5. The summed E-state index contributed by atoms with van der Waals surface area (Å²) in [5.41, 5.74) is 1.78. The molecule has 1 amide bonds. The van der Waals surface area contributed by atoms with Crippen LogP contribution in [0.1, 0.15) is 12.0 Å². The van der Waals surface area contributed by atoms with E-state index in [2.05, 4.69) is 15.0 Å². The van der Waals surface area contributed by atoms with E-state index in [0.29, 0.717) is 17.2 Å². The van der Waals surface area contributed by atoms with Crippen LogP contribution in [0, 0.1) is 0 Å². The molecule has 10 heteroatoms. The molecule has 3 rings (SSSR count). The molecular weight excluding hydrogens is 462 g/mol. The summed E-state index contributed by atoms with van der Waals surface area (Å²) in [5, 5.41) is 2.77. The molecule has 0 aliphatic heterocycles. The molecule has 1 heterocycles. The highest BCUT2D eigenvalue weighted by molar-refractivity contribution is 7.98. The average Bonchev–Trinajstić information content (AvgIpc) is 2.83. The summed E-state index contributed by atoms with van der Waals surface area (Å²) in [4.78, 5) is 17.4. The number of rotatable bonds is 11. The van der Waals surface area contributed by atoms with Gasteiger partial charge in [-0.25, -0.2) is 13.1 Å². The lowest BCUT2D eigenvalue weighted by molar-refractivity contribution is -0.116. The molecule has 33 heavy (non-hydrogen) atoms. The summed E-state index contributed by atoms with van der Waals surface area (Å²) in [6.07, 6.45) is 3.57. The number of methoxy groups -OCH3 is 2. The van der Waals surface area contributed by atoms with Crippen molar-refractivity contribution in [1.82, 2.24) is 9.71 Å². The maximum Gasteiger partial charge on any atom is 0.240 e. The van der Waals surface area contributed by atoms with E-state index in [1.165, 1.54) is 32.4 Å². The van der Waals surface area contributed by atoms with Gasteiger partial charge in [-0.2, -0.15) is 0 Å². The van der Waals surface area contributed by atoms with E-state index >= 15 is 0 Å². The van der Waals surface area contributed by atoms with E-state index < -0.39 is 10.0 Å². The van der Waals surface area contributed by atoms with Crippen molar-refractivity contribution in [3.8, 4) is 11.5 Å². The first kappa shape index (κ1) is 24.6. The highest BCUT2D eigenvalue weighted by atomic mass is 32.2. The molecule has 174 valence electrons. The van der Waals surface area contributed by atoms with Crippen molar-refractivity contribution in [3.05, 3.63) is 72.6 Å². The molecular formula is C23H25N3O5S2. The second-order valence-electron chi connectivity index (χ2n) is 6.89. The van der Waals surface area contributed by atoms with Gasteiger partial charge in [0.25, 0.3) is 0 Å². The minimum Gasteiger partial charge on any atom is -0.493 e. The first-order valence-electron chi connectivity index (χ1n) is 10.0. The number of amides is 1. The Kier molecular flexibility index (Phi) is 8.70. The van der Waals surface area contributed by atoms with Crippen LogP contribution >= 0.6 is 11.8 Å². The summed E-state index contributed by atoms with van der Waals surface area (Å²) in [7, 11) is -0.895. The zero-order valence-corrected chi connectivity index (χ0v) is 19.9. The molecule has 0 bridgehead atoms. The van der Waals surface area contributed by atoms with Crippen molar-refractivity contribution < 1.29 is 22.7 Å². The standard InChI is InChI=1S/C23H25N3O5S2/c1-30-21-10-9-20(14-22(21)31-2)33(28,29)25-13-11-23(27)26-18-5-7-19(8-6-18)32-16-17-4-3-12-24-15-17/h3-10,12,14-15,25H,11,13,16H2,1-2H3,(H,26,27). The van der Waals surface area contributed by atoms with Gasteiger partial charge >= 0.3 is 0 Å². The lowest BCUT2D eigenvalue weighted by Gasteiger charge is -2.11. The maximum atomic E-state index is 12.5. The molecule has 0 saturated heterocycles. The fourth-order valence-corrected chi connectivity index (χ4v) is 4.75. The van der Waals surface area contributed by atoms with Gasteiger partial charge in [0.15, 0.2) is 11.5 Å². The summed E-state index contributed by atoms with van der Waals surface area (Å²) in [6, 6.07) is 15.7. The number of aromatic nitrogens is 1. The van der Waals surface area contributed by atoms with Crippen LogP contribution in [-0.4, -0.2) is 40.1 Å². The van der Waals surface area contributed by atoms with Gasteiger partial charge in [0, 0.05) is 47.8 Å². The Hall–Kier alpha value is -3.08. The first-order chi connectivity index (χ1) is 15.9. The van der Waals surface area contributed by atoms with Crippen molar-refractivity contribution in [2.24, 2.45) is 0 Å². The van der Waals surface area contributed by atoms with Crippen LogP contribution in [0.15, 0.2) is 76.8 Å². The molecule has 8 nitrogen and oxygen atoms in total. The fraction of sp³-hybridized carbons (Fsp3) is 0.217. The Morgan fingerprint density at radius 3 is 2.45 bits per heavy atom. The van der Waals surface area contributed by atoms with Crippen LogP contribution in [0.5, 0.6) is 11.5 Å². The van der Waals surface area contributed by atoms with E-state index in [9.17, 15) is 13.2 Å². The average molecular weight is 488 g/mol. The Balaban J connectivity index is 1.47. The topological polar surface area (TPSA) is 107 Å². The molecule has 3 aromatic rings. The zero-order valence-electron chi connectivity index (χ0n) is 18.3. The van der Waals surface area contributed by atoms with Gasteiger partial charge in [-0.15, -0.1) is 11.8 Å². The molecule has 0 aliphatic rings. The molecule has 2 aromatic carbocycles. The van der Waals surface area contributed by atoms with E-state index in [0.717, 1.165) is 16.2 Å². The summed E-state index contributed by atoms with van der Waals surface area (Å²) >= 11 is 1.67. The summed E-state index contributed by atoms with van der Waals surface area (Å²) in [5.74, 6) is 1.25. The SMILES string of the molecule is COc1ccc(S(=O)(=O)NCCC(=O)Nc2ccc(SCc3cccnc3)cc2)cc1OC. The quantitative estimate of drug-likeness (QED) is 0.397. The van der Waals surface area contributed by atoms with E-state index in [1.807, 2.05) is 42.6 Å². The van der Waals surface area contributed by atoms with Crippen molar-refractivity contribution in [3.63, 3.8) is 0 Å². The number of hydrogen-bond acceptors (Lipinski definition) is 7. The Bertz CT molecular complexity index is 1170. The third-order valence-electron chi connectivity index (χ3n) is 4.58. The van der Waals surface area contributed by atoms with Gasteiger partial charge in [0.2, 0.25) is 15.9 Å². The van der Waals surface area contributed by atoms with Crippen LogP contribution in [0.3, 0.4) is 0 Å². The number of sulfonamides is 1. The summed E-state index contributed by atoms with van der Waals surface area (Å²) in [6.45, 7) is -0.0401.